The molecule has 0 aliphatic heterocycles. The molecule has 0 atom stereocenters. The van der Waals surface area contributed by atoms with Gasteiger partial charge < -0.3 is 10.4 Å². The van der Waals surface area contributed by atoms with Crippen LogP contribution in [0.25, 0.3) is 0 Å². The molecular formula is C13H26N2O3. The van der Waals surface area contributed by atoms with Crippen LogP contribution in [-0.2, 0) is 9.59 Å². The highest BCUT2D eigenvalue weighted by Gasteiger charge is 2.35. The second-order valence-electron chi connectivity index (χ2n) is 5.66. The van der Waals surface area contributed by atoms with Gasteiger partial charge in [0.1, 0.15) is 5.54 Å². The highest BCUT2D eigenvalue weighted by atomic mass is 16.4. The smallest absolute Gasteiger partial charge is 0.323 e. The fourth-order valence-electron chi connectivity index (χ4n) is 1.52. The Morgan fingerprint density at radius 3 is 2.00 bits per heavy atom. The first-order valence-corrected chi connectivity index (χ1v) is 6.36. The summed E-state index contributed by atoms with van der Waals surface area (Å²) in [7, 11) is 0. The summed E-state index contributed by atoms with van der Waals surface area (Å²) in [6.45, 7) is 11.6. The zero-order chi connectivity index (χ0) is 14.6. The standard InChI is InChI=1S/C13H26N2O3/c1-7-12(3,4)14-10(16)9-15(8-2)13(5,6)11(17)18/h7-9H2,1-6H3,(H,14,16)(H,17,18). The molecular weight excluding hydrogens is 232 g/mol. The van der Waals surface area contributed by atoms with Crippen LogP contribution in [-0.4, -0.2) is 46.1 Å². The first kappa shape index (κ1) is 16.9. The molecule has 0 fully saturated rings. The molecule has 0 rings (SSSR count). The monoisotopic (exact) mass is 258 g/mol. The van der Waals surface area contributed by atoms with Gasteiger partial charge in [0.25, 0.3) is 0 Å². The summed E-state index contributed by atoms with van der Waals surface area (Å²) >= 11 is 0. The average molecular weight is 258 g/mol. The number of rotatable bonds is 7. The lowest BCUT2D eigenvalue weighted by Gasteiger charge is -2.34. The second kappa shape index (κ2) is 6.18. The summed E-state index contributed by atoms with van der Waals surface area (Å²) in [4.78, 5) is 24.7. The lowest BCUT2D eigenvalue weighted by Crippen LogP contribution is -2.55. The number of hydrogen-bond acceptors (Lipinski definition) is 3. The van der Waals surface area contributed by atoms with Gasteiger partial charge in [-0.1, -0.05) is 13.8 Å². The summed E-state index contributed by atoms with van der Waals surface area (Å²) in [5.41, 5.74) is -1.30. The average Bonchev–Trinajstić information content (AvgIpc) is 2.24. The molecule has 2 N–H and O–H groups in total. The predicted octanol–water partition coefficient (Wildman–Crippen LogP) is 1.48. The minimum Gasteiger partial charge on any atom is -0.480 e. The zero-order valence-electron chi connectivity index (χ0n) is 12.3. The molecule has 0 spiro atoms. The molecule has 106 valence electrons. The molecule has 0 aliphatic rings. The molecule has 0 aromatic carbocycles. The normalized spacial score (nSPS) is 12.6. The number of aliphatic carboxylic acids is 1. The Balaban J connectivity index is 4.66. The molecule has 0 aliphatic carbocycles. The molecule has 0 aromatic rings. The summed E-state index contributed by atoms with van der Waals surface area (Å²) in [5, 5.41) is 12.1. The van der Waals surface area contributed by atoms with Gasteiger partial charge >= 0.3 is 5.97 Å². The summed E-state index contributed by atoms with van der Waals surface area (Å²) in [5.74, 6) is -1.06. The third kappa shape index (κ3) is 4.64. The van der Waals surface area contributed by atoms with Crippen LogP contribution in [0.1, 0.15) is 48.0 Å². The quantitative estimate of drug-likeness (QED) is 0.725. The van der Waals surface area contributed by atoms with E-state index in [1.165, 1.54) is 0 Å². The Morgan fingerprint density at radius 1 is 1.17 bits per heavy atom. The van der Waals surface area contributed by atoms with Crippen molar-refractivity contribution >= 4 is 11.9 Å². The maximum absolute atomic E-state index is 11.9. The molecule has 0 heterocycles. The Kier molecular flexibility index (Phi) is 5.80. The molecule has 5 heteroatoms. The Bertz CT molecular complexity index is 311. The molecule has 0 radical (unpaired) electrons. The van der Waals surface area contributed by atoms with Gasteiger partial charge in [0, 0.05) is 5.54 Å². The van der Waals surface area contributed by atoms with Gasteiger partial charge in [0.05, 0.1) is 6.54 Å². The lowest BCUT2D eigenvalue weighted by atomic mass is 10.0. The Morgan fingerprint density at radius 2 is 1.67 bits per heavy atom. The number of carboxylic acid groups (broad SMARTS) is 1. The van der Waals surface area contributed by atoms with Crippen LogP contribution in [0.4, 0.5) is 0 Å². The van der Waals surface area contributed by atoms with E-state index < -0.39 is 11.5 Å². The van der Waals surface area contributed by atoms with E-state index in [2.05, 4.69) is 5.32 Å². The predicted molar refractivity (Wildman–Crippen MR) is 71.5 cm³/mol. The van der Waals surface area contributed by atoms with Crippen molar-refractivity contribution in [3.8, 4) is 0 Å². The summed E-state index contributed by atoms with van der Waals surface area (Å²) in [6.07, 6.45) is 0.827. The van der Waals surface area contributed by atoms with Crippen LogP contribution in [0.2, 0.25) is 0 Å². The highest BCUT2D eigenvalue weighted by molar-refractivity contribution is 5.82. The number of amides is 1. The van der Waals surface area contributed by atoms with E-state index in [0.717, 1.165) is 6.42 Å². The van der Waals surface area contributed by atoms with Gasteiger partial charge in [-0.3, -0.25) is 14.5 Å². The van der Waals surface area contributed by atoms with Crippen LogP contribution in [0, 0.1) is 0 Å². The zero-order valence-corrected chi connectivity index (χ0v) is 12.3. The van der Waals surface area contributed by atoms with Crippen molar-refractivity contribution in [2.24, 2.45) is 0 Å². The molecule has 0 bridgehead atoms. The van der Waals surface area contributed by atoms with Gasteiger partial charge in [0.2, 0.25) is 5.91 Å². The minimum atomic E-state index is -1.04. The SMILES string of the molecule is CCN(CC(=O)NC(C)(C)CC)C(C)(C)C(=O)O. The van der Waals surface area contributed by atoms with Crippen molar-refractivity contribution in [2.75, 3.05) is 13.1 Å². The van der Waals surface area contributed by atoms with Crippen LogP contribution in [0.5, 0.6) is 0 Å². The van der Waals surface area contributed by atoms with Crippen LogP contribution in [0.15, 0.2) is 0 Å². The van der Waals surface area contributed by atoms with E-state index >= 15 is 0 Å². The van der Waals surface area contributed by atoms with Gasteiger partial charge in [0.15, 0.2) is 0 Å². The highest BCUT2D eigenvalue weighted by Crippen LogP contribution is 2.14. The third-order valence-corrected chi connectivity index (χ3v) is 3.39. The summed E-state index contributed by atoms with van der Waals surface area (Å²) < 4.78 is 0. The second-order valence-corrected chi connectivity index (χ2v) is 5.66. The molecule has 0 saturated heterocycles. The van der Waals surface area contributed by atoms with Gasteiger partial charge in [-0.25, -0.2) is 0 Å². The van der Waals surface area contributed by atoms with Crippen LogP contribution in [0.3, 0.4) is 0 Å². The van der Waals surface area contributed by atoms with Crippen LogP contribution < -0.4 is 5.32 Å². The summed E-state index contributed by atoms with van der Waals surface area (Å²) in [6, 6.07) is 0. The molecule has 0 unspecified atom stereocenters. The maximum atomic E-state index is 11.9. The number of nitrogens with one attached hydrogen (secondary N) is 1. The molecule has 0 aromatic heterocycles. The largest absolute Gasteiger partial charge is 0.480 e. The Hall–Kier alpha value is -1.10. The topological polar surface area (TPSA) is 69.6 Å². The number of carbonyl (C=O) groups excluding carboxylic acids is 1. The number of likely N-dealkylation sites (N-methyl/N-ethyl adjacent to an activating group) is 1. The molecule has 18 heavy (non-hydrogen) atoms. The van der Waals surface area contributed by atoms with Crippen LogP contribution >= 0.6 is 0 Å². The van der Waals surface area contributed by atoms with Crippen molar-refractivity contribution in [3.63, 3.8) is 0 Å². The molecule has 5 nitrogen and oxygen atoms in total. The first-order chi connectivity index (χ1) is 8.06. The van der Waals surface area contributed by atoms with Crippen molar-refractivity contribution in [1.82, 2.24) is 10.2 Å². The van der Waals surface area contributed by atoms with Crippen molar-refractivity contribution in [3.05, 3.63) is 0 Å². The van der Waals surface area contributed by atoms with Crippen molar-refractivity contribution in [2.45, 2.75) is 59.0 Å². The number of nitrogens with zero attached hydrogens (tertiary/aromatic N) is 1. The first-order valence-electron chi connectivity index (χ1n) is 6.36. The van der Waals surface area contributed by atoms with E-state index in [4.69, 9.17) is 5.11 Å². The van der Waals surface area contributed by atoms with Crippen molar-refractivity contribution < 1.29 is 14.7 Å². The van der Waals surface area contributed by atoms with Gasteiger partial charge in [-0.15, -0.1) is 0 Å². The number of hydrogen-bond donors (Lipinski definition) is 2. The third-order valence-electron chi connectivity index (χ3n) is 3.39. The number of carboxylic acids is 1. The van der Waals surface area contributed by atoms with Crippen molar-refractivity contribution in [1.29, 1.82) is 0 Å². The van der Waals surface area contributed by atoms with E-state index in [0.29, 0.717) is 6.54 Å². The molecule has 0 saturated carbocycles. The Labute approximate surface area is 110 Å². The number of carbonyl (C=O) groups is 2. The fraction of sp³-hybridized carbons (Fsp3) is 0.846. The van der Waals surface area contributed by atoms with Gasteiger partial charge in [-0.2, -0.15) is 0 Å². The maximum Gasteiger partial charge on any atom is 0.323 e. The minimum absolute atomic E-state index is 0.0965. The lowest BCUT2D eigenvalue weighted by molar-refractivity contribution is -0.150. The van der Waals surface area contributed by atoms with E-state index in [1.54, 1.807) is 18.7 Å². The van der Waals surface area contributed by atoms with Gasteiger partial charge in [-0.05, 0) is 40.7 Å². The van der Waals surface area contributed by atoms with E-state index in [-0.39, 0.29) is 18.0 Å². The molecule has 1 amide bonds. The van der Waals surface area contributed by atoms with E-state index in [1.807, 2.05) is 27.7 Å². The fourth-order valence-corrected chi connectivity index (χ4v) is 1.52. The van der Waals surface area contributed by atoms with E-state index in [9.17, 15) is 9.59 Å².